The van der Waals surface area contributed by atoms with Crippen molar-refractivity contribution in [2.45, 2.75) is 59.3 Å². The van der Waals surface area contributed by atoms with E-state index in [4.69, 9.17) is 16.7 Å². The molecule has 1 aliphatic carbocycles. The molecule has 5 heteroatoms. The zero-order chi connectivity index (χ0) is 21.9. The lowest BCUT2D eigenvalue weighted by atomic mass is 9.74. The predicted molar refractivity (Wildman–Crippen MR) is 122 cm³/mol. The Morgan fingerprint density at radius 2 is 1.90 bits per heavy atom. The van der Waals surface area contributed by atoms with Crippen LogP contribution in [0.3, 0.4) is 0 Å². The number of aliphatic hydroxyl groups is 1. The Balaban J connectivity index is 0.000000626. The van der Waals surface area contributed by atoms with E-state index >= 15 is 0 Å². The number of amides is 1. The summed E-state index contributed by atoms with van der Waals surface area (Å²) in [5.41, 5.74) is 1.94. The van der Waals surface area contributed by atoms with Gasteiger partial charge in [0.25, 0.3) is 5.91 Å². The third-order valence-electron chi connectivity index (χ3n) is 5.46. The minimum absolute atomic E-state index is 0.0379. The van der Waals surface area contributed by atoms with Gasteiger partial charge in [-0.15, -0.1) is 0 Å². The molecule has 0 radical (unpaired) electrons. The van der Waals surface area contributed by atoms with E-state index in [1.165, 1.54) is 44.6 Å². The van der Waals surface area contributed by atoms with E-state index in [1.54, 1.807) is 0 Å². The Hall–Kier alpha value is -1.70. The Morgan fingerprint density at radius 1 is 1.34 bits per heavy atom. The average molecular weight is 421 g/mol. The van der Waals surface area contributed by atoms with Crippen molar-refractivity contribution in [1.29, 1.82) is 0 Å². The maximum absolute atomic E-state index is 12.5. The van der Waals surface area contributed by atoms with Gasteiger partial charge < -0.3 is 15.3 Å². The summed E-state index contributed by atoms with van der Waals surface area (Å²) in [4.78, 5) is 14.9. The van der Waals surface area contributed by atoms with Gasteiger partial charge in [-0.05, 0) is 75.4 Å². The molecular weight excluding hydrogens is 384 g/mol. The molecule has 0 spiro atoms. The van der Waals surface area contributed by atoms with E-state index in [0.29, 0.717) is 10.6 Å². The van der Waals surface area contributed by atoms with E-state index in [1.807, 2.05) is 25.1 Å². The van der Waals surface area contributed by atoms with Crippen LogP contribution in [-0.2, 0) is 0 Å². The molecule has 162 valence electrons. The lowest BCUT2D eigenvalue weighted by molar-refractivity contribution is 0.0822. The number of rotatable bonds is 5. The fourth-order valence-corrected chi connectivity index (χ4v) is 3.97. The molecule has 2 aliphatic rings. The largest absolute Gasteiger partial charge is 0.462 e. The number of terminal acetylenes is 1. The molecule has 4 nitrogen and oxygen atoms in total. The molecule has 1 amide bonds. The second-order valence-corrected chi connectivity index (χ2v) is 8.86. The summed E-state index contributed by atoms with van der Waals surface area (Å²) in [6.45, 7) is 9.28. The number of halogens is 1. The van der Waals surface area contributed by atoms with Crippen LogP contribution in [0.1, 0.15) is 68.3 Å². The zero-order valence-corrected chi connectivity index (χ0v) is 19.2. The van der Waals surface area contributed by atoms with Crippen LogP contribution in [0.15, 0.2) is 18.2 Å². The van der Waals surface area contributed by atoms with Gasteiger partial charge in [0.05, 0.1) is 10.6 Å². The van der Waals surface area contributed by atoms with Crippen molar-refractivity contribution in [3.63, 3.8) is 0 Å². The van der Waals surface area contributed by atoms with Crippen LogP contribution in [0.25, 0.3) is 0 Å². The number of aliphatic hydroxyl groups excluding tert-OH is 1. The minimum atomic E-state index is -0.0379. The third kappa shape index (κ3) is 9.10. The highest BCUT2D eigenvalue weighted by Gasteiger charge is 2.39. The number of carbonyl (C=O) groups is 1. The van der Waals surface area contributed by atoms with Crippen molar-refractivity contribution in [3.8, 4) is 12.5 Å². The summed E-state index contributed by atoms with van der Waals surface area (Å²) in [7, 11) is 2.19. The highest BCUT2D eigenvalue weighted by molar-refractivity contribution is 6.33. The molecule has 3 rings (SSSR count). The number of aryl methyl sites for hydroxylation is 1. The van der Waals surface area contributed by atoms with E-state index in [9.17, 15) is 4.79 Å². The van der Waals surface area contributed by atoms with Gasteiger partial charge >= 0.3 is 0 Å². The molecule has 0 unspecified atom stereocenters. The van der Waals surface area contributed by atoms with E-state index in [-0.39, 0.29) is 11.3 Å². The van der Waals surface area contributed by atoms with Gasteiger partial charge in [0, 0.05) is 6.54 Å². The molecule has 0 bridgehead atoms. The summed E-state index contributed by atoms with van der Waals surface area (Å²) in [5, 5.41) is 10.8. The second kappa shape index (κ2) is 12.8. The number of hydrogen-bond acceptors (Lipinski definition) is 3. The summed E-state index contributed by atoms with van der Waals surface area (Å²) in [5.74, 6) is 0.849. The molecule has 1 saturated heterocycles. The van der Waals surface area contributed by atoms with Crippen molar-refractivity contribution in [2.24, 2.45) is 11.3 Å². The molecule has 1 heterocycles. The molecule has 1 aromatic carbocycles. The van der Waals surface area contributed by atoms with Crippen molar-refractivity contribution >= 4 is 17.5 Å². The van der Waals surface area contributed by atoms with Gasteiger partial charge in [0.2, 0.25) is 0 Å². The number of hydrogen-bond donors (Lipinski definition) is 2. The van der Waals surface area contributed by atoms with E-state index in [2.05, 4.69) is 37.5 Å². The summed E-state index contributed by atoms with van der Waals surface area (Å²) >= 11 is 6.23. The van der Waals surface area contributed by atoms with Crippen LogP contribution in [0.2, 0.25) is 5.02 Å². The van der Waals surface area contributed by atoms with Crippen molar-refractivity contribution in [1.82, 2.24) is 10.2 Å². The van der Waals surface area contributed by atoms with E-state index < -0.39 is 0 Å². The van der Waals surface area contributed by atoms with Crippen molar-refractivity contribution in [3.05, 3.63) is 34.3 Å². The number of piperidine rings is 1. The number of nitrogens with zero attached hydrogens (tertiary/aromatic N) is 1. The maximum atomic E-state index is 12.5. The molecule has 1 aromatic rings. The van der Waals surface area contributed by atoms with Crippen LogP contribution in [0.4, 0.5) is 0 Å². The Bertz CT molecular complexity index is 672. The Morgan fingerprint density at radius 3 is 2.38 bits per heavy atom. The summed E-state index contributed by atoms with van der Waals surface area (Å²) in [6.07, 6.45) is 13.0. The van der Waals surface area contributed by atoms with Gasteiger partial charge in [0.15, 0.2) is 0 Å². The lowest BCUT2D eigenvalue weighted by Gasteiger charge is -2.41. The van der Waals surface area contributed by atoms with Gasteiger partial charge in [-0.25, -0.2) is 0 Å². The highest BCUT2D eigenvalue weighted by atomic mass is 35.5. The highest BCUT2D eigenvalue weighted by Crippen LogP contribution is 2.45. The molecule has 29 heavy (non-hydrogen) atoms. The molecule has 1 saturated carbocycles. The second-order valence-electron chi connectivity index (χ2n) is 8.45. The van der Waals surface area contributed by atoms with Gasteiger partial charge in [-0.2, -0.15) is 0 Å². The molecule has 2 fully saturated rings. The maximum Gasteiger partial charge on any atom is 0.252 e. The van der Waals surface area contributed by atoms with Crippen LogP contribution >= 0.6 is 11.6 Å². The van der Waals surface area contributed by atoms with Crippen LogP contribution in [0, 0.1) is 30.8 Å². The quantitative estimate of drug-likeness (QED) is 0.639. The molecule has 0 atom stereocenters. The van der Waals surface area contributed by atoms with Crippen LogP contribution in [0.5, 0.6) is 0 Å². The number of carbonyl (C=O) groups excluding carboxylic acids is 1. The Kier molecular flexibility index (Phi) is 11.2. The first kappa shape index (κ1) is 25.3. The molecule has 1 aliphatic heterocycles. The third-order valence-corrected chi connectivity index (χ3v) is 5.77. The number of likely N-dealkylation sites (tertiary alicyclic amines) is 1. The SMILES string of the molecule is C#CO.CCC.Cc1ccc(C(=O)NCC2(CC3CC3)CCN(C)CC2)c(Cl)c1. The van der Waals surface area contributed by atoms with Gasteiger partial charge in [0.1, 0.15) is 6.11 Å². The summed E-state index contributed by atoms with van der Waals surface area (Å²) in [6, 6.07) is 5.62. The Labute approximate surface area is 182 Å². The van der Waals surface area contributed by atoms with Crippen LogP contribution < -0.4 is 5.32 Å². The van der Waals surface area contributed by atoms with Gasteiger partial charge in [-0.3, -0.25) is 4.79 Å². The molecule has 2 N–H and O–H groups in total. The summed E-state index contributed by atoms with van der Waals surface area (Å²) < 4.78 is 0. The topological polar surface area (TPSA) is 52.6 Å². The molecule has 0 aromatic heterocycles. The smallest absolute Gasteiger partial charge is 0.252 e. The van der Waals surface area contributed by atoms with Crippen molar-refractivity contribution < 1.29 is 9.90 Å². The lowest BCUT2D eigenvalue weighted by Crippen LogP contribution is -2.45. The predicted octanol–water partition coefficient (Wildman–Crippen LogP) is 5.26. The van der Waals surface area contributed by atoms with E-state index in [0.717, 1.165) is 31.1 Å². The average Bonchev–Trinajstić information content (AvgIpc) is 3.47. The number of benzene rings is 1. The minimum Gasteiger partial charge on any atom is -0.462 e. The standard InChI is InChI=1S/C19H27ClN2O.C3H8.C2H2O/c1-14-3-6-16(17(20)11-14)18(23)21-13-19(12-15-4-5-15)7-9-22(2)10-8-19;1-3-2;1-2-3/h3,6,11,15H,4-5,7-10,12-13H2,1-2H3,(H,21,23);3H2,1-2H3;1,3H. The fourth-order valence-electron chi connectivity index (χ4n) is 3.65. The first-order valence-electron chi connectivity index (χ1n) is 10.6. The number of nitrogens with one attached hydrogen (secondary N) is 1. The fraction of sp³-hybridized carbons (Fsp3) is 0.625. The first-order valence-corrected chi connectivity index (χ1v) is 11.0. The zero-order valence-electron chi connectivity index (χ0n) is 18.4. The molecular formula is C24H37ClN2O2. The monoisotopic (exact) mass is 420 g/mol. The first-order chi connectivity index (χ1) is 13.8. The van der Waals surface area contributed by atoms with Crippen molar-refractivity contribution in [2.75, 3.05) is 26.7 Å². The van der Waals surface area contributed by atoms with Gasteiger partial charge in [-0.1, -0.05) is 57.2 Å². The normalized spacial score (nSPS) is 17.7. The van der Waals surface area contributed by atoms with Crippen LogP contribution in [-0.4, -0.2) is 42.6 Å².